The number of anilines is 1. The molecule has 100 valence electrons. The van der Waals surface area contributed by atoms with E-state index in [0.29, 0.717) is 4.99 Å². The van der Waals surface area contributed by atoms with Crippen molar-refractivity contribution in [1.29, 1.82) is 0 Å². The molecule has 0 fully saturated rings. The van der Waals surface area contributed by atoms with Gasteiger partial charge in [-0.15, -0.1) is 0 Å². The Kier molecular flexibility index (Phi) is 4.11. The van der Waals surface area contributed by atoms with Gasteiger partial charge in [-0.3, -0.25) is 4.68 Å². The molecule has 19 heavy (non-hydrogen) atoms. The molecule has 0 aliphatic heterocycles. The Morgan fingerprint density at radius 2 is 2.21 bits per heavy atom. The highest BCUT2D eigenvalue weighted by molar-refractivity contribution is 7.80. The maximum Gasteiger partial charge on any atom is 0.136 e. The highest BCUT2D eigenvalue weighted by Crippen LogP contribution is 2.13. The van der Waals surface area contributed by atoms with Crippen LogP contribution in [0.25, 0.3) is 0 Å². The van der Waals surface area contributed by atoms with Crippen molar-refractivity contribution in [1.82, 2.24) is 14.8 Å². The summed E-state index contributed by atoms with van der Waals surface area (Å²) in [4.78, 5) is 4.79. The van der Waals surface area contributed by atoms with Crippen LogP contribution in [0, 0.1) is 6.92 Å². The van der Waals surface area contributed by atoms with Crippen LogP contribution < -0.4 is 11.1 Å². The molecule has 0 spiro atoms. The van der Waals surface area contributed by atoms with Crippen LogP contribution in [0.2, 0.25) is 0 Å². The first-order chi connectivity index (χ1) is 9.08. The topological polar surface area (TPSA) is 68.8 Å². The maximum atomic E-state index is 5.69. The third-order valence-corrected chi connectivity index (χ3v) is 3.12. The first kappa shape index (κ1) is 13.5. The van der Waals surface area contributed by atoms with E-state index in [1.54, 1.807) is 6.20 Å². The molecule has 2 heterocycles. The Labute approximate surface area is 117 Å². The van der Waals surface area contributed by atoms with E-state index in [1.807, 2.05) is 36.9 Å². The summed E-state index contributed by atoms with van der Waals surface area (Å²) in [5, 5.41) is 7.42. The molecule has 0 atom stereocenters. The zero-order chi connectivity index (χ0) is 13.8. The number of nitrogens with one attached hydrogen (secondary N) is 1. The van der Waals surface area contributed by atoms with Gasteiger partial charge in [0.15, 0.2) is 0 Å². The van der Waals surface area contributed by atoms with Gasteiger partial charge in [0.25, 0.3) is 0 Å². The highest BCUT2D eigenvalue weighted by Gasteiger charge is 2.07. The summed E-state index contributed by atoms with van der Waals surface area (Å²) < 4.78 is 1.86. The van der Waals surface area contributed by atoms with E-state index in [0.717, 1.165) is 35.7 Å². The zero-order valence-corrected chi connectivity index (χ0v) is 11.9. The van der Waals surface area contributed by atoms with Crippen molar-refractivity contribution >= 4 is 23.0 Å². The third kappa shape index (κ3) is 3.29. The number of pyridine rings is 1. The Morgan fingerprint density at radius 3 is 2.84 bits per heavy atom. The summed E-state index contributed by atoms with van der Waals surface area (Å²) in [5.41, 5.74) is 8.57. The molecule has 5 nitrogen and oxygen atoms in total. The predicted octanol–water partition coefficient (Wildman–Crippen LogP) is 1.41. The normalized spacial score (nSPS) is 10.4. The van der Waals surface area contributed by atoms with Crippen LogP contribution in [-0.2, 0) is 13.5 Å². The first-order valence-electron chi connectivity index (χ1n) is 6.06. The second-order valence-electron chi connectivity index (χ2n) is 4.34. The number of aromatic nitrogens is 3. The Balaban J connectivity index is 2.05. The number of rotatable bonds is 5. The van der Waals surface area contributed by atoms with E-state index in [4.69, 9.17) is 18.0 Å². The molecule has 0 saturated carbocycles. The molecule has 0 aliphatic rings. The summed E-state index contributed by atoms with van der Waals surface area (Å²) in [6.45, 7) is 2.70. The van der Waals surface area contributed by atoms with Crippen molar-refractivity contribution in [3.05, 3.63) is 41.3 Å². The van der Waals surface area contributed by atoms with Crippen molar-refractivity contribution in [2.45, 2.75) is 13.3 Å². The van der Waals surface area contributed by atoms with Crippen molar-refractivity contribution in [3.63, 3.8) is 0 Å². The predicted molar refractivity (Wildman–Crippen MR) is 80.3 cm³/mol. The van der Waals surface area contributed by atoms with Gasteiger partial charge in [-0.05, 0) is 25.1 Å². The van der Waals surface area contributed by atoms with Crippen LogP contribution in [-0.4, -0.2) is 26.3 Å². The molecule has 0 bridgehead atoms. The molecular formula is C13H17N5S. The average Bonchev–Trinajstić information content (AvgIpc) is 2.75. The SMILES string of the molecule is Cc1ccc(C(N)=S)c(NCCc2ccnn2C)n1. The van der Waals surface area contributed by atoms with Gasteiger partial charge in [0, 0.05) is 37.6 Å². The largest absolute Gasteiger partial charge is 0.389 e. The van der Waals surface area contributed by atoms with E-state index < -0.39 is 0 Å². The second kappa shape index (κ2) is 5.79. The molecule has 0 radical (unpaired) electrons. The number of nitrogens with two attached hydrogens (primary N) is 1. The summed E-state index contributed by atoms with van der Waals surface area (Å²) in [6.07, 6.45) is 2.66. The lowest BCUT2D eigenvalue weighted by molar-refractivity contribution is 0.711. The molecule has 2 rings (SSSR count). The fourth-order valence-corrected chi connectivity index (χ4v) is 2.01. The summed E-state index contributed by atoms with van der Waals surface area (Å²) >= 11 is 5.03. The van der Waals surface area contributed by atoms with E-state index in [-0.39, 0.29) is 0 Å². The molecule has 3 N–H and O–H groups in total. The van der Waals surface area contributed by atoms with Crippen molar-refractivity contribution < 1.29 is 0 Å². The van der Waals surface area contributed by atoms with Gasteiger partial charge < -0.3 is 11.1 Å². The van der Waals surface area contributed by atoms with Crippen LogP contribution in [0.1, 0.15) is 17.0 Å². The van der Waals surface area contributed by atoms with Gasteiger partial charge in [-0.1, -0.05) is 12.2 Å². The zero-order valence-electron chi connectivity index (χ0n) is 11.1. The molecule has 0 amide bonds. The number of aryl methyl sites for hydroxylation is 2. The molecule has 2 aromatic heterocycles. The number of hydrogen-bond donors (Lipinski definition) is 2. The quantitative estimate of drug-likeness (QED) is 0.808. The third-order valence-electron chi connectivity index (χ3n) is 2.90. The number of nitrogens with zero attached hydrogens (tertiary/aromatic N) is 3. The lowest BCUT2D eigenvalue weighted by atomic mass is 10.2. The van der Waals surface area contributed by atoms with Gasteiger partial charge in [0.05, 0.1) is 5.56 Å². The average molecular weight is 275 g/mol. The molecular weight excluding hydrogens is 258 g/mol. The van der Waals surface area contributed by atoms with Gasteiger partial charge in [-0.25, -0.2) is 4.98 Å². The van der Waals surface area contributed by atoms with Gasteiger partial charge in [0.1, 0.15) is 10.8 Å². The van der Waals surface area contributed by atoms with Crippen LogP contribution >= 0.6 is 12.2 Å². The van der Waals surface area contributed by atoms with Gasteiger partial charge in [0.2, 0.25) is 0 Å². The minimum atomic E-state index is 0.357. The Morgan fingerprint density at radius 1 is 1.42 bits per heavy atom. The second-order valence-corrected chi connectivity index (χ2v) is 4.78. The van der Waals surface area contributed by atoms with Crippen LogP contribution in [0.5, 0.6) is 0 Å². The van der Waals surface area contributed by atoms with E-state index in [2.05, 4.69) is 15.4 Å². The molecule has 0 saturated heterocycles. The highest BCUT2D eigenvalue weighted by atomic mass is 32.1. The fourth-order valence-electron chi connectivity index (χ4n) is 1.85. The standard InChI is InChI=1S/C13H17N5S/c1-9-3-4-11(12(14)19)13(17-9)15-7-5-10-6-8-16-18(10)2/h3-4,6,8H,5,7H2,1-2H3,(H2,14,19)(H,15,17). The lowest BCUT2D eigenvalue weighted by Gasteiger charge is -2.11. The molecule has 6 heteroatoms. The molecule has 0 aromatic carbocycles. The molecule has 0 unspecified atom stereocenters. The van der Waals surface area contributed by atoms with Crippen LogP contribution in [0.4, 0.5) is 5.82 Å². The van der Waals surface area contributed by atoms with E-state index in [1.165, 1.54) is 0 Å². The maximum absolute atomic E-state index is 5.69. The van der Waals surface area contributed by atoms with Gasteiger partial charge >= 0.3 is 0 Å². The van der Waals surface area contributed by atoms with Crippen molar-refractivity contribution in [3.8, 4) is 0 Å². The number of hydrogen-bond acceptors (Lipinski definition) is 4. The summed E-state index contributed by atoms with van der Waals surface area (Å²) in [6, 6.07) is 5.80. The lowest BCUT2D eigenvalue weighted by Crippen LogP contribution is -2.16. The Bertz CT molecular complexity index is 590. The Hall–Kier alpha value is -1.95. The molecule has 0 aliphatic carbocycles. The fraction of sp³-hybridized carbons (Fsp3) is 0.308. The summed E-state index contributed by atoms with van der Waals surface area (Å²) in [5.74, 6) is 0.745. The minimum Gasteiger partial charge on any atom is -0.389 e. The smallest absolute Gasteiger partial charge is 0.136 e. The van der Waals surface area contributed by atoms with Crippen molar-refractivity contribution in [2.24, 2.45) is 12.8 Å². The minimum absolute atomic E-state index is 0.357. The first-order valence-corrected chi connectivity index (χ1v) is 6.47. The van der Waals surface area contributed by atoms with Crippen LogP contribution in [0.3, 0.4) is 0 Å². The van der Waals surface area contributed by atoms with E-state index in [9.17, 15) is 0 Å². The van der Waals surface area contributed by atoms with Crippen molar-refractivity contribution in [2.75, 3.05) is 11.9 Å². The molecule has 2 aromatic rings. The summed E-state index contributed by atoms with van der Waals surface area (Å²) in [7, 11) is 1.93. The number of thiocarbonyl (C=S) groups is 1. The van der Waals surface area contributed by atoms with E-state index >= 15 is 0 Å². The monoisotopic (exact) mass is 275 g/mol. The van der Waals surface area contributed by atoms with Crippen LogP contribution in [0.15, 0.2) is 24.4 Å². The van der Waals surface area contributed by atoms with Gasteiger partial charge in [-0.2, -0.15) is 5.10 Å².